The number of nitrogens with zero attached hydrogens (tertiary/aromatic N) is 4. The van der Waals surface area contributed by atoms with E-state index in [0.29, 0.717) is 12.2 Å². The Balaban J connectivity index is 1.70. The number of carbonyl (C=O) groups excluding carboxylic acids is 1. The molecule has 9 nitrogen and oxygen atoms in total. The number of carbonyl (C=O) groups is 2. The van der Waals surface area contributed by atoms with Crippen LogP contribution in [0.2, 0.25) is 0 Å². The van der Waals surface area contributed by atoms with E-state index in [1.807, 2.05) is 24.3 Å². The van der Waals surface area contributed by atoms with Crippen molar-refractivity contribution in [2.24, 2.45) is 0 Å². The maximum Gasteiger partial charge on any atom is 0.328 e. The fraction of sp³-hybridized carbons (Fsp3) is 0.222. The van der Waals surface area contributed by atoms with Crippen molar-refractivity contribution in [2.45, 2.75) is 19.5 Å². The van der Waals surface area contributed by atoms with Crippen LogP contribution in [0.3, 0.4) is 0 Å². The number of rotatable bonds is 7. The molecule has 27 heavy (non-hydrogen) atoms. The number of carboxylic acid groups (broad SMARTS) is 1. The third-order valence-electron chi connectivity index (χ3n) is 4.00. The first-order valence-electron chi connectivity index (χ1n) is 8.21. The zero-order valence-electron chi connectivity index (χ0n) is 14.9. The zero-order chi connectivity index (χ0) is 19.4. The Morgan fingerprint density at radius 3 is 2.85 bits per heavy atom. The highest BCUT2D eigenvalue weighted by molar-refractivity contribution is 6.03. The summed E-state index contributed by atoms with van der Waals surface area (Å²) in [5, 5.41) is 20.0. The molecule has 1 aromatic carbocycles. The van der Waals surface area contributed by atoms with Gasteiger partial charge in [0.2, 0.25) is 0 Å². The second kappa shape index (κ2) is 7.73. The number of aliphatic carboxylic acids is 1. The molecule has 140 valence electrons. The van der Waals surface area contributed by atoms with Gasteiger partial charge in [-0.2, -0.15) is 10.2 Å². The average molecular weight is 369 g/mol. The van der Waals surface area contributed by atoms with E-state index in [2.05, 4.69) is 15.5 Å². The summed E-state index contributed by atoms with van der Waals surface area (Å²) >= 11 is 0. The zero-order valence-corrected chi connectivity index (χ0v) is 14.9. The minimum Gasteiger partial charge on any atom is -0.497 e. The van der Waals surface area contributed by atoms with Crippen molar-refractivity contribution < 1.29 is 19.4 Å². The van der Waals surface area contributed by atoms with Gasteiger partial charge >= 0.3 is 5.97 Å². The molecule has 0 spiro atoms. The van der Waals surface area contributed by atoms with E-state index in [0.717, 1.165) is 11.3 Å². The molecule has 3 aromatic rings. The number of hydrogen-bond donors (Lipinski definition) is 2. The van der Waals surface area contributed by atoms with E-state index >= 15 is 0 Å². The highest BCUT2D eigenvalue weighted by Crippen LogP contribution is 2.16. The van der Waals surface area contributed by atoms with Crippen LogP contribution < -0.4 is 10.1 Å². The van der Waals surface area contributed by atoms with Crippen LogP contribution in [0.15, 0.2) is 48.9 Å². The van der Waals surface area contributed by atoms with Crippen LogP contribution >= 0.6 is 0 Å². The molecule has 0 radical (unpaired) electrons. The van der Waals surface area contributed by atoms with Crippen LogP contribution in [0.4, 0.5) is 5.69 Å². The summed E-state index contributed by atoms with van der Waals surface area (Å²) in [6, 6.07) is 8.14. The molecule has 2 heterocycles. The van der Waals surface area contributed by atoms with Crippen LogP contribution in [0.1, 0.15) is 29.0 Å². The maximum absolute atomic E-state index is 12.5. The van der Waals surface area contributed by atoms with Crippen molar-refractivity contribution in [2.75, 3.05) is 12.4 Å². The second-order valence-electron chi connectivity index (χ2n) is 5.91. The molecule has 0 bridgehead atoms. The number of amides is 1. The fourth-order valence-corrected chi connectivity index (χ4v) is 2.57. The smallest absolute Gasteiger partial charge is 0.328 e. The number of benzene rings is 1. The van der Waals surface area contributed by atoms with Crippen molar-refractivity contribution >= 4 is 17.6 Å². The van der Waals surface area contributed by atoms with Crippen molar-refractivity contribution in [3.63, 3.8) is 0 Å². The summed E-state index contributed by atoms with van der Waals surface area (Å²) in [4.78, 5) is 23.6. The number of carboxylic acids is 1. The lowest BCUT2D eigenvalue weighted by Gasteiger charge is -2.10. The van der Waals surface area contributed by atoms with Gasteiger partial charge in [0.1, 0.15) is 17.5 Å². The quantitative estimate of drug-likeness (QED) is 0.659. The molecule has 0 aliphatic carbocycles. The summed E-state index contributed by atoms with van der Waals surface area (Å²) in [6.45, 7) is 1.97. The summed E-state index contributed by atoms with van der Waals surface area (Å²) in [5.74, 6) is -0.769. The molecule has 1 atom stereocenters. The van der Waals surface area contributed by atoms with Gasteiger partial charge in [0, 0.05) is 12.4 Å². The monoisotopic (exact) mass is 369 g/mol. The first-order valence-corrected chi connectivity index (χ1v) is 8.21. The van der Waals surface area contributed by atoms with E-state index in [1.165, 1.54) is 30.1 Å². The molecular formula is C18H19N5O4. The lowest BCUT2D eigenvalue weighted by molar-refractivity contribution is -0.140. The predicted molar refractivity (Wildman–Crippen MR) is 96.9 cm³/mol. The van der Waals surface area contributed by atoms with E-state index in [-0.39, 0.29) is 5.69 Å². The Morgan fingerprint density at radius 1 is 1.30 bits per heavy atom. The SMILES string of the molecule is COc1cccc(Cn2cc(NC(=O)c3ccnn3C(C)C(=O)O)cn2)c1. The molecule has 2 N–H and O–H groups in total. The van der Waals surface area contributed by atoms with Gasteiger partial charge in [-0.3, -0.25) is 9.48 Å². The first-order chi connectivity index (χ1) is 13.0. The molecular weight excluding hydrogens is 350 g/mol. The van der Waals surface area contributed by atoms with Crippen molar-refractivity contribution in [1.82, 2.24) is 19.6 Å². The molecule has 2 aromatic heterocycles. The topological polar surface area (TPSA) is 111 Å². The molecule has 1 amide bonds. The second-order valence-corrected chi connectivity index (χ2v) is 5.91. The van der Waals surface area contributed by atoms with Gasteiger partial charge in [0.15, 0.2) is 0 Å². The largest absolute Gasteiger partial charge is 0.497 e. The lowest BCUT2D eigenvalue weighted by Crippen LogP contribution is -2.24. The molecule has 0 aliphatic rings. The van der Waals surface area contributed by atoms with Gasteiger partial charge in [-0.25, -0.2) is 9.48 Å². The number of nitrogens with one attached hydrogen (secondary N) is 1. The number of aromatic nitrogens is 4. The van der Waals surface area contributed by atoms with Gasteiger partial charge in [-0.1, -0.05) is 12.1 Å². The maximum atomic E-state index is 12.5. The normalized spacial score (nSPS) is 11.8. The van der Waals surface area contributed by atoms with Crippen molar-refractivity contribution in [3.05, 3.63) is 60.2 Å². The van der Waals surface area contributed by atoms with Crippen molar-refractivity contribution in [1.29, 1.82) is 0 Å². The average Bonchev–Trinajstić information content (AvgIpc) is 3.30. The predicted octanol–water partition coefficient (Wildman–Crippen LogP) is 2.03. The molecule has 0 saturated heterocycles. The van der Waals surface area contributed by atoms with Crippen LogP contribution in [-0.4, -0.2) is 43.7 Å². The number of methoxy groups -OCH3 is 1. The van der Waals surface area contributed by atoms with Crippen LogP contribution in [0.25, 0.3) is 0 Å². The summed E-state index contributed by atoms with van der Waals surface area (Å²) in [5.41, 5.74) is 1.66. The summed E-state index contributed by atoms with van der Waals surface area (Å²) < 4.78 is 8.05. The number of hydrogen-bond acceptors (Lipinski definition) is 5. The Labute approximate surface area is 155 Å². The van der Waals surface area contributed by atoms with Crippen LogP contribution in [0.5, 0.6) is 5.75 Å². The molecule has 0 fully saturated rings. The van der Waals surface area contributed by atoms with Crippen LogP contribution in [-0.2, 0) is 11.3 Å². The summed E-state index contributed by atoms with van der Waals surface area (Å²) in [7, 11) is 1.61. The summed E-state index contributed by atoms with van der Waals surface area (Å²) in [6.07, 6.45) is 4.61. The third-order valence-corrected chi connectivity index (χ3v) is 4.00. The number of ether oxygens (including phenoxy) is 1. The highest BCUT2D eigenvalue weighted by atomic mass is 16.5. The van der Waals surface area contributed by atoms with E-state index in [1.54, 1.807) is 18.0 Å². The van der Waals surface area contributed by atoms with Gasteiger partial charge in [-0.15, -0.1) is 0 Å². The molecule has 0 saturated carbocycles. The highest BCUT2D eigenvalue weighted by Gasteiger charge is 2.21. The molecule has 9 heteroatoms. The van der Waals surface area contributed by atoms with E-state index < -0.39 is 17.9 Å². The van der Waals surface area contributed by atoms with Gasteiger partial charge in [0.25, 0.3) is 5.91 Å². The Hall–Kier alpha value is -3.62. The Morgan fingerprint density at radius 2 is 2.11 bits per heavy atom. The van der Waals surface area contributed by atoms with Gasteiger partial charge < -0.3 is 15.2 Å². The first kappa shape index (κ1) is 18.2. The molecule has 1 unspecified atom stereocenters. The Bertz CT molecular complexity index is 962. The van der Waals surface area contributed by atoms with Gasteiger partial charge in [-0.05, 0) is 30.7 Å². The fourth-order valence-electron chi connectivity index (χ4n) is 2.57. The minimum atomic E-state index is -1.07. The molecule has 0 aliphatic heterocycles. The minimum absolute atomic E-state index is 0.158. The lowest BCUT2D eigenvalue weighted by atomic mass is 10.2. The van der Waals surface area contributed by atoms with E-state index in [4.69, 9.17) is 9.84 Å². The Kier molecular flexibility index (Phi) is 5.20. The molecule has 3 rings (SSSR count). The number of anilines is 1. The third kappa shape index (κ3) is 4.14. The van der Waals surface area contributed by atoms with E-state index in [9.17, 15) is 9.59 Å². The van der Waals surface area contributed by atoms with Gasteiger partial charge in [0.05, 0.1) is 25.5 Å². The standard InChI is InChI=1S/C18H19N5O4/c1-12(18(25)26)23-16(6-7-19-23)17(24)21-14-9-20-22(11-14)10-13-4-3-5-15(8-13)27-2/h3-9,11-12H,10H2,1-2H3,(H,21,24)(H,25,26). The van der Waals surface area contributed by atoms with Crippen molar-refractivity contribution in [3.8, 4) is 5.75 Å². The van der Waals surface area contributed by atoms with Crippen LogP contribution in [0, 0.1) is 0 Å².